The average Bonchev–Trinajstić information content (AvgIpc) is 3.17. The molecule has 2 amide bonds. The number of aliphatic hydroxyl groups excluding tert-OH is 1. The lowest BCUT2D eigenvalue weighted by atomic mass is 10.1. The molecule has 3 rings (SSSR count). The van der Waals surface area contributed by atoms with Gasteiger partial charge in [0.15, 0.2) is 0 Å². The van der Waals surface area contributed by atoms with Crippen molar-refractivity contribution in [2.75, 3.05) is 18.1 Å². The van der Waals surface area contributed by atoms with E-state index in [0.717, 1.165) is 30.6 Å². The molecule has 1 heterocycles. The summed E-state index contributed by atoms with van der Waals surface area (Å²) in [4.78, 5) is 25.6. The minimum atomic E-state index is -0.0248. The number of nitrogens with zero attached hydrogens (tertiary/aromatic N) is 1. The van der Waals surface area contributed by atoms with Crippen molar-refractivity contribution in [3.05, 3.63) is 42.0 Å². The first kappa shape index (κ1) is 15.7. The number of hydrogen-bond donors (Lipinski definition) is 2. The van der Waals surface area contributed by atoms with Gasteiger partial charge in [0, 0.05) is 37.2 Å². The Balaban J connectivity index is 1.53. The molecule has 2 N–H and O–H groups in total. The number of anilines is 1. The van der Waals surface area contributed by atoms with Crippen LogP contribution in [0.1, 0.15) is 24.8 Å². The molecule has 122 valence electrons. The highest BCUT2D eigenvalue weighted by Crippen LogP contribution is 2.22. The molecule has 5 nitrogen and oxygen atoms in total. The molecule has 1 saturated heterocycles. The molecule has 0 unspecified atom stereocenters. The minimum Gasteiger partial charge on any atom is -0.396 e. The van der Waals surface area contributed by atoms with Crippen molar-refractivity contribution >= 4 is 17.5 Å². The maximum atomic E-state index is 12.1. The summed E-state index contributed by atoms with van der Waals surface area (Å²) in [6, 6.07) is 7.64. The van der Waals surface area contributed by atoms with Crippen LogP contribution in [-0.2, 0) is 16.0 Å². The number of aliphatic hydroxyl groups is 1. The van der Waals surface area contributed by atoms with E-state index in [1.165, 1.54) is 0 Å². The molecule has 0 radical (unpaired) electrons. The van der Waals surface area contributed by atoms with E-state index < -0.39 is 0 Å². The predicted molar refractivity (Wildman–Crippen MR) is 88.0 cm³/mol. The summed E-state index contributed by atoms with van der Waals surface area (Å²) in [6.45, 7) is 0.901. The molecule has 0 bridgehead atoms. The number of hydrogen-bond acceptors (Lipinski definition) is 3. The Bertz CT molecular complexity index is 609. The normalized spacial score (nSPS) is 23.5. The van der Waals surface area contributed by atoms with Crippen LogP contribution < -0.4 is 10.2 Å². The Morgan fingerprint density at radius 3 is 2.65 bits per heavy atom. The van der Waals surface area contributed by atoms with Crippen molar-refractivity contribution in [1.82, 2.24) is 5.32 Å². The van der Waals surface area contributed by atoms with Gasteiger partial charge < -0.3 is 15.3 Å². The summed E-state index contributed by atoms with van der Waals surface area (Å²) in [5.41, 5.74) is 1.83. The zero-order valence-corrected chi connectivity index (χ0v) is 13.1. The largest absolute Gasteiger partial charge is 0.396 e. The topological polar surface area (TPSA) is 69.6 Å². The highest BCUT2D eigenvalue weighted by atomic mass is 16.3. The van der Waals surface area contributed by atoms with Crippen molar-refractivity contribution in [2.45, 2.75) is 31.7 Å². The van der Waals surface area contributed by atoms with Gasteiger partial charge in [-0.2, -0.15) is 0 Å². The number of benzene rings is 1. The molecule has 0 aromatic heterocycles. The number of carbonyl (C=O) groups is 2. The third-order valence-corrected chi connectivity index (χ3v) is 4.44. The van der Waals surface area contributed by atoms with Crippen LogP contribution in [0.25, 0.3) is 0 Å². The van der Waals surface area contributed by atoms with Crippen LogP contribution >= 0.6 is 0 Å². The molecule has 1 aromatic rings. The fourth-order valence-corrected chi connectivity index (χ4v) is 3.18. The van der Waals surface area contributed by atoms with Crippen LogP contribution in [0.15, 0.2) is 36.4 Å². The molecule has 23 heavy (non-hydrogen) atoms. The highest BCUT2D eigenvalue weighted by Gasteiger charge is 2.22. The molecule has 1 aliphatic carbocycles. The lowest BCUT2D eigenvalue weighted by molar-refractivity contribution is -0.121. The fraction of sp³-hybridized carbons (Fsp3) is 0.444. The number of amides is 2. The average molecular weight is 314 g/mol. The first-order chi connectivity index (χ1) is 11.2. The summed E-state index contributed by atoms with van der Waals surface area (Å²) in [7, 11) is 0. The van der Waals surface area contributed by atoms with Gasteiger partial charge in [0.25, 0.3) is 0 Å². The van der Waals surface area contributed by atoms with Gasteiger partial charge in [-0.05, 0) is 30.5 Å². The lowest BCUT2D eigenvalue weighted by Crippen LogP contribution is -2.34. The zero-order valence-electron chi connectivity index (χ0n) is 13.1. The van der Waals surface area contributed by atoms with E-state index in [4.69, 9.17) is 5.11 Å². The van der Waals surface area contributed by atoms with Gasteiger partial charge >= 0.3 is 0 Å². The molecule has 2 aliphatic rings. The fourth-order valence-electron chi connectivity index (χ4n) is 3.18. The SMILES string of the molecule is O=C(Cc1ccc(N2CCCC2=O)cc1)N[C@@H]1C=C[C@H](CO)C1. The van der Waals surface area contributed by atoms with Crippen LogP contribution in [0.2, 0.25) is 0 Å². The third kappa shape index (κ3) is 3.79. The zero-order chi connectivity index (χ0) is 16.2. The van der Waals surface area contributed by atoms with E-state index in [2.05, 4.69) is 5.32 Å². The summed E-state index contributed by atoms with van der Waals surface area (Å²) in [6.07, 6.45) is 6.51. The minimum absolute atomic E-state index is 0.0149. The molecule has 1 aliphatic heterocycles. The highest BCUT2D eigenvalue weighted by molar-refractivity contribution is 5.95. The van der Waals surface area contributed by atoms with Gasteiger partial charge in [0.05, 0.1) is 6.42 Å². The van der Waals surface area contributed by atoms with Crippen molar-refractivity contribution in [3.8, 4) is 0 Å². The van der Waals surface area contributed by atoms with Gasteiger partial charge in [-0.1, -0.05) is 24.3 Å². The first-order valence-corrected chi connectivity index (χ1v) is 8.13. The van der Waals surface area contributed by atoms with Gasteiger partial charge in [-0.3, -0.25) is 9.59 Å². The van der Waals surface area contributed by atoms with Gasteiger partial charge in [-0.25, -0.2) is 0 Å². The standard InChI is InChI=1S/C18H22N2O3/c21-12-14-3-6-15(10-14)19-17(22)11-13-4-7-16(8-5-13)20-9-1-2-18(20)23/h3-8,14-15,21H,1-2,9-12H2,(H,19,22)/t14-,15+/m0/s1. The van der Waals surface area contributed by atoms with Crippen molar-refractivity contribution in [1.29, 1.82) is 0 Å². The summed E-state index contributed by atoms with van der Waals surface area (Å²) < 4.78 is 0. The van der Waals surface area contributed by atoms with Crippen molar-refractivity contribution in [2.24, 2.45) is 5.92 Å². The van der Waals surface area contributed by atoms with E-state index in [0.29, 0.717) is 12.8 Å². The van der Waals surface area contributed by atoms with E-state index in [9.17, 15) is 9.59 Å². The lowest BCUT2D eigenvalue weighted by Gasteiger charge is -2.16. The molecular formula is C18H22N2O3. The smallest absolute Gasteiger partial charge is 0.227 e. The number of nitrogens with one attached hydrogen (secondary N) is 1. The molecule has 2 atom stereocenters. The van der Waals surface area contributed by atoms with E-state index >= 15 is 0 Å². The molecule has 1 aromatic carbocycles. The Morgan fingerprint density at radius 1 is 1.26 bits per heavy atom. The van der Waals surface area contributed by atoms with Crippen LogP contribution in [-0.4, -0.2) is 36.1 Å². The molecule has 5 heteroatoms. The second-order valence-electron chi connectivity index (χ2n) is 6.23. The van der Waals surface area contributed by atoms with Crippen LogP contribution in [0, 0.1) is 5.92 Å². The van der Waals surface area contributed by atoms with Crippen molar-refractivity contribution < 1.29 is 14.7 Å². The monoisotopic (exact) mass is 314 g/mol. The quantitative estimate of drug-likeness (QED) is 0.807. The van der Waals surface area contributed by atoms with Crippen LogP contribution in [0.4, 0.5) is 5.69 Å². The van der Waals surface area contributed by atoms with Gasteiger partial charge in [-0.15, -0.1) is 0 Å². The molecule has 0 spiro atoms. The Kier molecular flexibility index (Phi) is 4.76. The molecule has 1 fully saturated rings. The van der Waals surface area contributed by atoms with Crippen LogP contribution in [0.3, 0.4) is 0 Å². The van der Waals surface area contributed by atoms with E-state index in [1.54, 1.807) is 4.90 Å². The van der Waals surface area contributed by atoms with Crippen molar-refractivity contribution in [3.63, 3.8) is 0 Å². The van der Waals surface area contributed by atoms with Gasteiger partial charge in [0.2, 0.25) is 11.8 Å². The van der Waals surface area contributed by atoms with E-state index in [1.807, 2.05) is 36.4 Å². The number of carbonyl (C=O) groups excluding carboxylic acids is 2. The summed E-state index contributed by atoms with van der Waals surface area (Å²) >= 11 is 0. The van der Waals surface area contributed by atoms with Crippen LogP contribution in [0.5, 0.6) is 0 Å². The predicted octanol–water partition coefficient (Wildman–Crippen LogP) is 1.41. The first-order valence-electron chi connectivity index (χ1n) is 8.13. The summed E-state index contributed by atoms with van der Waals surface area (Å²) in [5.74, 6) is 0.294. The Morgan fingerprint density at radius 2 is 2.04 bits per heavy atom. The maximum Gasteiger partial charge on any atom is 0.227 e. The second kappa shape index (κ2) is 6.96. The Hall–Kier alpha value is -2.14. The molecular weight excluding hydrogens is 292 g/mol. The molecule has 0 saturated carbocycles. The maximum absolute atomic E-state index is 12.1. The number of rotatable bonds is 5. The second-order valence-corrected chi connectivity index (χ2v) is 6.23. The Labute approximate surface area is 136 Å². The van der Waals surface area contributed by atoms with Gasteiger partial charge in [0.1, 0.15) is 0 Å². The third-order valence-electron chi connectivity index (χ3n) is 4.44. The van der Waals surface area contributed by atoms with E-state index in [-0.39, 0.29) is 30.4 Å². The summed E-state index contributed by atoms with van der Waals surface area (Å²) in [5, 5.41) is 12.1.